The highest BCUT2D eigenvalue weighted by Crippen LogP contribution is 2.36. The van der Waals surface area contributed by atoms with Crippen molar-refractivity contribution >= 4 is 30.3 Å². The Bertz CT molecular complexity index is 594. The minimum absolute atomic E-state index is 0.103. The number of hydrogen-bond acceptors (Lipinski definition) is 4. The van der Waals surface area contributed by atoms with Gasteiger partial charge in [0.15, 0.2) is 0 Å². The Morgan fingerprint density at radius 3 is 3.05 bits per heavy atom. The Morgan fingerprint density at radius 1 is 1.57 bits per heavy atom. The average molecular weight is 312 g/mol. The standard InChI is InChI=1S/C13H15BClNO5/c1-13(2)6-19-8-4-3-7(15)10-9(5-16-12(17)18)20-14(21-13)11(8)10/h3-4,9,16H,5-6H2,1-2H3,(H,17,18). The van der Waals surface area contributed by atoms with Crippen LogP contribution in [0.5, 0.6) is 5.75 Å². The largest absolute Gasteiger partial charge is 0.499 e. The Balaban J connectivity index is 1.99. The van der Waals surface area contributed by atoms with Crippen LogP contribution < -0.4 is 15.5 Å². The number of benzene rings is 1. The predicted molar refractivity (Wildman–Crippen MR) is 77.4 cm³/mol. The summed E-state index contributed by atoms with van der Waals surface area (Å²) in [6.45, 7) is 4.32. The molecule has 2 N–H and O–H groups in total. The van der Waals surface area contributed by atoms with Gasteiger partial charge in [-0.15, -0.1) is 0 Å². The molecule has 2 aliphatic heterocycles. The molecule has 1 unspecified atom stereocenters. The van der Waals surface area contributed by atoms with Crippen LogP contribution in [0.3, 0.4) is 0 Å². The Labute approximate surface area is 127 Å². The fourth-order valence-electron chi connectivity index (χ4n) is 2.56. The van der Waals surface area contributed by atoms with Crippen molar-refractivity contribution in [2.24, 2.45) is 0 Å². The van der Waals surface area contributed by atoms with Crippen LogP contribution in [0, 0.1) is 0 Å². The number of nitrogens with one attached hydrogen (secondary N) is 1. The number of carboxylic acid groups (broad SMARTS) is 1. The van der Waals surface area contributed by atoms with Gasteiger partial charge in [-0.3, -0.25) is 0 Å². The molecule has 0 radical (unpaired) electrons. The number of hydrogen-bond donors (Lipinski definition) is 2. The summed E-state index contributed by atoms with van der Waals surface area (Å²) in [5.41, 5.74) is 0.971. The van der Waals surface area contributed by atoms with Crippen LogP contribution in [0.4, 0.5) is 4.79 Å². The van der Waals surface area contributed by atoms with Crippen LogP contribution in [0.2, 0.25) is 5.02 Å². The maximum atomic E-state index is 10.7. The van der Waals surface area contributed by atoms with Gasteiger partial charge in [0.05, 0.1) is 11.7 Å². The fourth-order valence-corrected chi connectivity index (χ4v) is 2.85. The van der Waals surface area contributed by atoms with Gasteiger partial charge in [-0.25, -0.2) is 4.79 Å². The van der Waals surface area contributed by atoms with E-state index in [0.29, 0.717) is 17.4 Å². The summed E-state index contributed by atoms with van der Waals surface area (Å²) in [5.74, 6) is 0.669. The number of carbonyl (C=O) groups is 1. The van der Waals surface area contributed by atoms with Crippen LogP contribution in [0.25, 0.3) is 0 Å². The molecule has 6 nitrogen and oxygen atoms in total. The molecule has 112 valence electrons. The topological polar surface area (TPSA) is 77.0 Å². The maximum Gasteiger partial charge on any atom is 0.499 e. The van der Waals surface area contributed by atoms with Crippen molar-refractivity contribution in [2.45, 2.75) is 25.6 Å². The number of amides is 1. The van der Waals surface area contributed by atoms with E-state index in [1.54, 1.807) is 12.1 Å². The highest BCUT2D eigenvalue weighted by Gasteiger charge is 2.46. The van der Waals surface area contributed by atoms with Crippen LogP contribution in [-0.4, -0.2) is 37.1 Å². The van der Waals surface area contributed by atoms with E-state index in [2.05, 4.69) is 5.32 Å². The van der Waals surface area contributed by atoms with Crippen molar-refractivity contribution in [1.82, 2.24) is 5.32 Å². The molecule has 0 saturated carbocycles. The Hall–Kier alpha value is -1.44. The summed E-state index contributed by atoms with van der Waals surface area (Å²) in [6.07, 6.45) is -1.61. The van der Waals surface area contributed by atoms with Gasteiger partial charge < -0.3 is 24.5 Å². The lowest BCUT2D eigenvalue weighted by Crippen LogP contribution is -2.40. The second kappa shape index (κ2) is 5.08. The third-order valence-electron chi connectivity index (χ3n) is 3.48. The van der Waals surface area contributed by atoms with Crippen LogP contribution in [0.1, 0.15) is 25.5 Å². The fraction of sp³-hybridized carbons (Fsp3) is 0.462. The lowest BCUT2D eigenvalue weighted by atomic mass is 9.77. The number of ether oxygens (including phenoxy) is 1. The molecule has 0 bridgehead atoms. The molecule has 1 aromatic rings. The van der Waals surface area contributed by atoms with Crippen LogP contribution in [-0.2, 0) is 9.31 Å². The zero-order chi connectivity index (χ0) is 15.2. The summed E-state index contributed by atoms with van der Waals surface area (Å²) < 4.78 is 17.6. The molecule has 2 aliphatic rings. The van der Waals surface area contributed by atoms with Gasteiger partial charge in [0.1, 0.15) is 12.4 Å². The molecule has 0 fully saturated rings. The van der Waals surface area contributed by atoms with Crippen molar-refractivity contribution in [1.29, 1.82) is 0 Å². The summed E-state index contributed by atoms with van der Waals surface area (Å²) >= 11 is 6.26. The highest BCUT2D eigenvalue weighted by molar-refractivity contribution is 6.65. The highest BCUT2D eigenvalue weighted by atomic mass is 35.5. The molecule has 0 spiro atoms. The van der Waals surface area contributed by atoms with Crippen molar-refractivity contribution in [2.75, 3.05) is 13.2 Å². The molecule has 2 heterocycles. The molecule has 0 aromatic heterocycles. The molecule has 0 saturated heterocycles. The molecule has 21 heavy (non-hydrogen) atoms. The van der Waals surface area contributed by atoms with Gasteiger partial charge in [0, 0.05) is 22.6 Å². The average Bonchev–Trinajstić information content (AvgIpc) is 2.68. The van der Waals surface area contributed by atoms with Gasteiger partial charge in [-0.2, -0.15) is 0 Å². The normalized spacial score (nSPS) is 22.2. The van der Waals surface area contributed by atoms with Crippen LogP contribution >= 0.6 is 11.6 Å². The zero-order valence-corrected chi connectivity index (χ0v) is 12.4. The predicted octanol–water partition coefficient (Wildman–Crippen LogP) is 1.56. The summed E-state index contributed by atoms with van der Waals surface area (Å²) in [6, 6.07) is 3.52. The molecular formula is C13H15BClNO5. The van der Waals surface area contributed by atoms with Crippen molar-refractivity contribution in [3.63, 3.8) is 0 Å². The number of halogens is 1. The second-order valence-electron chi connectivity index (χ2n) is 5.68. The monoisotopic (exact) mass is 311 g/mol. The Morgan fingerprint density at radius 2 is 2.33 bits per heavy atom. The molecule has 1 aromatic carbocycles. The first-order chi connectivity index (χ1) is 9.87. The lowest BCUT2D eigenvalue weighted by molar-refractivity contribution is 0.0273. The smallest absolute Gasteiger partial charge is 0.491 e. The van der Waals surface area contributed by atoms with E-state index < -0.39 is 24.9 Å². The minimum Gasteiger partial charge on any atom is -0.491 e. The van der Waals surface area contributed by atoms with E-state index in [1.165, 1.54) is 0 Å². The first-order valence-corrected chi connectivity index (χ1v) is 7.00. The van der Waals surface area contributed by atoms with Crippen molar-refractivity contribution in [3.8, 4) is 5.75 Å². The summed E-state index contributed by atoms with van der Waals surface area (Å²) in [5, 5.41) is 11.6. The molecule has 1 amide bonds. The number of rotatable bonds is 2. The van der Waals surface area contributed by atoms with Crippen molar-refractivity contribution in [3.05, 3.63) is 22.7 Å². The van der Waals surface area contributed by atoms with Gasteiger partial charge >= 0.3 is 13.2 Å². The maximum absolute atomic E-state index is 10.7. The van der Waals surface area contributed by atoms with E-state index >= 15 is 0 Å². The molecule has 8 heteroatoms. The van der Waals surface area contributed by atoms with E-state index in [4.69, 9.17) is 30.8 Å². The lowest BCUT2D eigenvalue weighted by Gasteiger charge is -2.25. The van der Waals surface area contributed by atoms with E-state index in [0.717, 1.165) is 11.0 Å². The van der Waals surface area contributed by atoms with Gasteiger partial charge in [0.2, 0.25) is 0 Å². The minimum atomic E-state index is -1.11. The Kier molecular flexibility index (Phi) is 3.51. The van der Waals surface area contributed by atoms with E-state index in [-0.39, 0.29) is 6.54 Å². The quantitative estimate of drug-likeness (QED) is 0.811. The van der Waals surface area contributed by atoms with E-state index in [9.17, 15) is 4.79 Å². The first kappa shape index (κ1) is 14.5. The molecule has 1 atom stereocenters. The first-order valence-electron chi connectivity index (χ1n) is 6.62. The summed E-state index contributed by atoms with van der Waals surface area (Å²) in [7, 11) is -0.605. The van der Waals surface area contributed by atoms with Gasteiger partial charge in [-0.1, -0.05) is 11.6 Å². The molecular weight excluding hydrogens is 296 g/mol. The molecule has 3 rings (SSSR count). The third-order valence-corrected chi connectivity index (χ3v) is 3.81. The van der Waals surface area contributed by atoms with Crippen LogP contribution in [0.15, 0.2) is 12.1 Å². The van der Waals surface area contributed by atoms with Crippen molar-refractivity contribution < 1.29 is 23.9 Å². The van der Waals surface area contributed by atoms with Gasteiger partial charge in [-0.05, 0) is 26.0 Å². The van der Waals surface area contributed by atoms with E-state index in [1.807, 2.05) is 13.8 Å². The molecule has 0 aliphatic carbocycles. The van der Waals surface area contributed by atoms with Gasteiger partial charge in [0.25, 0.3) is 0 Å². The second-order valence-corrected chi connectivity index (χ2v) is 6.09. The zero-order valence-electron chi connectivity index (χ0n) is 11.7. The SMILES string of the molecule is CC1(C)COc2ccc(Cl)c3c2B(OC3CNC(=O)O)O1. The summed E-state index contributed by atoms with van der Waals surface area (Å²) in [4.78, 5) is 10.7. The third kappa shape index (κ3) is 2.68.